The van der Waals surface area contributed by atoms with Gasteiger partial charge in [-0.25, -0.2) is 4.99 Å². The molecule has 2 rings (SSSR count). The van der Waals surface area contributed by atoms with Crippen LogP contribution in [0, 0.1) is 0 Å². The molecule has 0 aromatic heterocycles. The Morgan fingerprint density at radius 3 is 2.45 bits per heavy atom. The summed E-state index contributed by atoms with van der Waals surface area (Å²) in [7, 11) is 1.60. The van der Waals surface area contributed by atoms with Crippen LogP contribution in [-0.2, 0) is 19.5 Å². The van der Waals surface area contributed by atoms with Gasteiger partial charge in [0.05, 0.1) is 20.3 Å². The van der Waals surface area contributed by atoms with Crippen LogP contribution in [0.15, 0.2) is 47.5 Å². The number of hydrogen-bond acceptors (Lipinski definition) is 4. The molecule has 0 radical (unpaired) electrons. The topological polar surface area (TPSA) is 75.1 Å². The number of benzene rings is 2. The quantitative estimate of drug-likeness (QED) is 0.258. The molecule has 0 bridgehead atoms. The Labute approximate surface area is 190 Å². The zero-order valence-corrected chi connectivity index (χ0v) is 19.7. The molecule has 0 spiro atoms. The van der Waals surface area contributed by atoms with Gasteiger partial charge in [0.1, 0.15) is 6.61 Å². The molecule has 0 aliphatic carbocycles. The molecule has 2 aromatic carbocycles. The highest BCUT2D eigenvalue weighted by Crippen LogP contribution is 2.28. The van der Waals surface area contributed by atoms with Gasteiger partial charge >= 0.3 is 0 Å². The van der Waals surface area contributed by atoms with Gasteiger partial charge < -0.3 is 25.2 Å². The van der Waals surface area contributed by atoms with E-state index in [4.69, 9.17) is 14.6 Å². The molecule has 0 heterocycles. The number of aliphatic hydroxyl groups is 1. The molecule has 7 heteroatoms. The van der Waals surface area contributed by atoms with Gasteiger partial charge in [-0.05, 0) is 42.2 Å². The van der Waals surface area contributed by atoms with Crippen molar-refractivity contribution in [2.45, 2.75) is 33.4 Å². The van der Waals surface area contributed by atoms with Crippen LogP contribution in [0.2, 0.25) is 0 Å². The van der Waals surface area contributed by atoms with E-state index in [1.54, 1.807) is 7.11 Å². The fourth-order valence-corrected chi connectivity index (χ4v) is 2.85. The smallest absolute Gasteiger partial charge is 0.191 e. The average Bonchev–Trinajstić information content (AvgIpc) is 2.74. The van der Waals surface area contributed by atoms with Crippen LogP contribution in [0.25, 0.3) is 0 Å². The summed E-state index contributed by atoms with van der Waals surface area (Å²) in [6, 6.07) is 14.1. The van der Waals surface area contributed by atoms with E-state index in [0.717, 1.165) is 31.0 Å². The van der Waals surface area contributed by atoms with E-state index in [1.807, 2.05) is 25.1 Å². The van der Waals surface area contributed by atoms with Gasteiger partial charge in [-0.15, -0.1) is 24.0 Å². The van der Waals surface area contributed by atoms with Crippen molar-refractivity contribution in [1.29, 1.82) is 0 Å². The van der Waals surface area contributed by atoms with Crippen LogP contribution in [0.5, 0.6) is 11.5 Å². The van der Waals surface area contributed by atoms with E-state index < -0.39 is 0 Å². The number of methoxy groups -OCH3 is 1. The summed E-state index contributed by atoms with van der Waals surface area (Å²) >= 11 is 0. The van der Waals surface area contributed by atoms with E-state index in [-0.39, 0.29) is 37.2 Å². The second-order valence-electron chi connectivity index (χ2n) is 6.23. The summed E-state index contributed by atoms with van der Waals surface area (Å²) in [4.78, 5) is 4.68. The zero-order chi connectivity index (χ0) is 20.2. The maximum Gasteiger partial charge on any atom is 0.191 e. The molecule has 0 atom stereocenters. The molecular formula is C22H32IN3O3. The SMILES string of the molecule is CCNC(=NCc1ccc(OCCO)c(OC)c1)NCc1ccccc1CC.I. The number of rotatable bonds is 10. The lowest BCUT2D eigenvalue weighted by Crippen LogP contribution is -2.37. The number of hydrogen-bond donors (Lipinski definition) is 3. The predicted octanol–water partition coefficient (Wildman–Crippen LogP) is 3.50. The summed E-state index contributed by atoms with van der Waals surface area (Å²) in [6.45, 7) is 6.45. The summed E-state index contributed by atoms with van der Waals surface area (Å²) in [6.07, 6.45) is 1.01. The molecule has 0 saturated carbocycles. The predicted molar refractivity (Wildman–Crippen MR) is 128 cm³/mol. The number of guanidine groups is 1. The van der Waals surface area contributed by atoms with Crippen LogP contribution in [0.4, 0.5) is 0 Å². The minimum Gasteiger partial charge on any atom is -0.493 e. The number of ether oxygens (including phenoxy) is 2. The fourth-order valence-electron chi connectivity index (χ4n) is 2.85. The van der Waals surface area contributed by atoms with E-state index in [9.17, 15) is 0 Å². The van der Waals surface area contributed by atoms with Gasteiger partial charge in [0.15, 0.2) is 17.5 Å². The summed E-state index contributed by atoms with van der Waals surface area (Å²) in [5.41, 5.74) is 3.64. The van der Waals surface area contributed by atoms with Crippen LogP contribution in [0.3, 0.4) is 0 Å². The molecule has 0 amide bonds. The molecule has 2 aromatic rings. The average molecular weight is 513 g/mol. The second kappa shape index (κ2) is 14.1. The molecule has 6 nitrogen and oxygen atoms in total. The first kappa shape index (κ1) is 25.0. The Kier molecular flexibility index (Phi) is 12.1. The molecule has 3 N–H and O–H groups in total. The third-order valence-corrected chi connectivity index (χ3v) is 4.29. The molecule has 160 valence electrons. The molecular weight excluding hydrogens is 481 g/mol. The van der Waals surface area contributed by atoms with Crippen LogP contribution < -0.4 is 20.1 Å². The second-order valence-corrected chi connectivity index (χ2v) is 6.23. The summed E-state index contributed by atoms with van der Waals surface area (Å²) in [5.74, 6) is 2.02. The largest absolute Gasteiger partial charge is 0.493 e. The van der Waals surface area contributed by atoms with Crippen molar-refractivity contribution in [1.82, 2.24) is 10.6 Å². The Bertz CT molecular complexity index is 769. The van der Waals surface area contributed by atoms with Crippen LogP contribution >= 0.6 is 24.0 Å². The molecule has 0 aliphatic heterocycles. The highest BCUT2D eigenvalue weighted by Gasteiger charge is 2.06. The van der Waals surface area contributed by atoms with Gasteiger partial charge in [-0.2, -0.15) is 0 Å². The zero-order valence-electron chi connectivity index (χ0n) is 17.4. The van der Waals surface area contributed by atoms with E-state index in [2.05, 4.69) is 46.8 Å². The number of halogens is 1. The van der Waals surface area contributed by atoms with E-state index >= 15 is 0 Å². The number of aryl methyl sites for hydroxylation is 1. The van der Waals surface area contributed by atoms with E-state index in [0.29, 0.717) is 18.0 Å². The number of aliphatic imine (C=N–C) groups is 1. The van der Waals surface area contributed by atoms with Crippen molar-refractivity contribution in [2.75, 3.05) is 26.9 Å². The van der Waals surface area contributed by atoms with Crippen molar-refractivity contribution in [3.63, 3.8) is 0 Å². The third-order valence-electron chi connectivity index (χ3n) is 4.29. The Balaban J connectivity index is 0.00000420. The number of nitrogens with one attached hydrogen (secondary N) is 2. The van der Waals surface area contributed by atoms with Crippen molar-refractivity contribution < 1.29 is 14.6 Å². The molecule has 0 saturated heterocycles. The lowest BCUT2D eigenvalue weighted by Gasteiger charge is -2.14. The van der Waals surface area contributed by atoms with Crippen LogP contribution in [0.1, 0.15) is 30.5 Å². The lowest BCUT2D eigenvalue weighted by atomic mass is 10.1. The Morgan fingerprint density at radius 1 is 1.03 bits per heavy atom. The van der Waals surface area contributed by atoms with Gasteiger partial charge in [-0.1, -0.05) is 37.3 Å². The standard InChI is InChI=1S/C22H31N3O3.HI/c1-4-18-8-6-7-9-19(18)16-25-22(23-5-2)24-15-17-10-11-20(28-13-12-26)21(14-17)27-3;/h6-11,14,26H,4-5,12-13,15-16H2,1-3H3,(H2,23,24,25);1H. The van der Waals surface area contributed by atoms with E-state index in [1.165, 1.54) is 11.1 Å². The molecule has 0 unspecified atom stereocenters. The van der Waals surface area contributed by atoms with Crippen molar-refractivity contribution in [2.24, 2.45) is 4.99 Å². The van der Waals surface area contributed by atoms with Gasteiger partial charge in [-0.3, -0.25) is 0 Å². The number of nitrogens with zero attached hydrogens (tertiary/aromatic N) is 1. The molecule has 29 heavy (non-hydrogen) atoms. The monoisotopic (exact) mass is 513 g/mol. The first-order valence-corrected chi connectivity index (χ1v) is 9.71. The Morgan fingerprint density at radius 2 is 1.79 bits per heavy atom. The summed E-state index contributed by atoms with van der Waals surface area (Å²) < 4.78 is 10.9. The minimum atomic E-state index is -0.0337. The van der Waals surface area contributed by atoms with Crippen molar-refractivity contribution in [3.05, 3.63) is 59.2 Å². The maximum absolute atomic E-state index is 8.91. The third kappa shape index (κ3) is 8.10. The highest BCUT2D eigenvalue weighted by atomic mass is 127. The van der Waals surface area contributed by atoms with Crippen molar-refractivity contribution >= 4 is 29.9 Å². The Hall–Kier alpha value is -2.00. The fraction of sp³-hybridized carbons (Fsp3) is 0.409. The van der Waals surface area contributed by atoms with Gasteiger partial charge in [0.25, 0.3) is 0 Å². The maximum atomic E-state index is 8.91. The normalized spacial score (nSPS) is 10.8. The van der Waals surface area contributed by atoms with Gasteiger partial charge in [0, 0.05) is 13.1 Å². The van der Waals surface area contributed by atoms with Gasteiger partial charge in [0.2, 0.25) is 0 Å². The summed E-state index contributed by atoms with van der Waals surface area (Å²) in [5, 5.41) is 15.6. The molecule has 0 fully saturated rings. The highest BCUT2D eigenvalue weighted by molar-refractivity contribution is 14.0. The van der Waals surface area contributed by atoms with Crippen LogP contribution in [-0.4, -0.2) is 37.9 Å². The molecule has 0 aliphatic rings. The minimum absolute atomic E-state index is 0. The first-order valence-electron chi connectivity index (χ1n) is 9.71. The van der Waals surface area contributed by atoms with Crippen molar-refractivity contribution in [3.8, 4) is 11.5 Å². The number of aliphatic hydroxyl groups excluding tert-OH is 1. The first-order chi connectivity index (χ1) is 13.7. The lowest BCUT2D eigenvalue weighted by molar-refractivity contribution is 0.196.